The molecule has 2 aromatic carbocycles. The van der Waals surface area contributed by atoms with Crippen molar-refractivity contribution in [3.8, 4) is 11.5 Å². The zero-order valence-electron chi connectivity index (χ0n) is 17.3. The van der Waals surface area contributed by atoms with Crippen molar-refractivity contribution < 1.29 is 23.8 Å². The summed E-state index contributed by atoms with van der Waals surface area (Å²) < 4.78 is 16.2. The minimum Gasteiger partial charge on any atom is -0.490 e. The number of carbonyl (C=O) groups is 2. The fourth-order valence-electron chi connectivity index (χ4n) is 2.92. The van der Waals surface area contributed by atoms with Crippen molar-refractivity contribution in [3.05, 3.63) is 59.7 Å². The summed E-state index contributed by atoms with van der Waals surface area (Å²) in [6, 6.07) is 14.5. The number of hydrogen-bond acceptors (Lipinski definition) is 5. The Morgan fingerprint density at radius 2 is 1.62 bits per heavy atom. The Hall–Kier alpha value is -3.02. The van der Waals surface area contributed by atoms with E-state index in [0.717, 1.165) is 18.4 Å². The molecule has 156 valence electrons. The Balaban J connectivity index is 1.97. The van der Waals surface area contributed by atoms with Crippen molar-refractivity contribution in [1.29, 1.82) is 0 Å². The molecule has 6 nitrogen and oxygen atoms in total. The van der Waals surface area contributed by atoms with Crippen LogP contribution in [-0.4, -0.2) is 31.7 Å². The maximum atomic E-state index is 12.4. The van der Waals surface area contributed by atoms with E-state index in [9.17, 15) is 9.59 Å². The van der Waals surface area contributed by atoms with Gasteiger partial charge in [0.2, 0.25) is 0 Å². The number of carbonyl (C=O) groups excluding carboxylic acids is 2. The van der Waals surface area contributed by atoms with E-state index in [2.05, 4.69) is 12.2 Å². The average molecular weight is 399 g/mol. The van der Waals surface area contributed by atoms with Crippen LogP contribution in [0.1, 0.15) is 55.6 Å². The maximum absolute atomic E-state index is 12.4. The third kappa shape index (κ3) is 6.82. The molecule has 0 aromatic heterocycles. The van der Waals surface area contributed by atoms with Crippen LogP contribution < -0.4 is 14.8 Å². The Morgan fingerprint density at radius 1 is 0.931 bits per heavy atom. The molecule has 6 heteroatoms. The predicted octanol–water partition coefficient (Wildman–Crippen LogP) is 4.30. The summed E-state index contributed by atoms with van der Waals surface area (Å²) in [4.78, 5) is 24.7. The van der Waals surface area contributed by atoms with Crippen LogP contribution in [0.25, 0.3) is 0 Å². The van der Waals surface area contributed by atoms with Crippen molar-refractivity contribution in [2.75, 3.05) is 19.8 Å². The van der Waals surface area contributed by atoms with E-state index in [1.807, 2.05) is 44.2 Å². The lowest BCUT2D eigenvalue weighted by atomic mass is 10.0. The van der Waals surface area contributed by atoms with Crippen molar-refractivity contribution >= 4 is 11.9 Å². The summed E-state index contributed by atoms with van der Waals surface area (Å²) >= 11 is 0. The van der Waals surface area contributed by atoms with E-state index < -0.39 is 5.97 Å². The van der Waals surface area contributed by atoms with Gasteiger partial charge in [0.25, 0.3) is 5.91 Å². The summed E-state index contributed by atoms with van der Waals surface area (Å²) in [6.07, 6.45) is 1.73. The molecule has 2 aromatic rings. The van der Waals surface area contributed by atoms with Gasteiger partial charge in [-0.25, -0.2) is 4.79 Å². The van der Waals surface area contributed by atoms with Crippen molar-refractivity contribution in [3.63, 3.8) is 0 Å². The van der Waals surface area contributed by atoms with E-state index in [1.165, 1.54) is 0 Å². The quantitative estimate of drug-likeness (QED) is 0.570. The molecule has 0 aliphatic heterocycles. The van der Waals surface area contributed by atoms with Gasteiger partial charge in [0, 0.05) is 0 Å². The Labute approximate surface area is 172 Å². The molecule has 29 heavy (non-hydrogen) atoms. The van der Waals surface area contributed by atoms with E-state index in [1.54, 1.807) is 18.2 Å². The minimum absolute atomic E-state index is 0.109. The highest BCUT2D eigenvalue weighted by molar-refractivity contribution is 5.92. The molecule has 1 N–H and O–H groups in total. The molecule has 0 heterocycles. The lowest BCUT2D eigenvalue weighted by molar-refractivity contribution is -0.125. The van der Waals surface area contributed by atoms with Gasteiger partial charge in [-0.05, 0) is 44.0 Å². The maximum Gasteiger partial charge on any atom is 0.338 e. The first-order chi connectivity index (χ1) is 14.1. The van der Waals surface area contributed by atoms with E-state index in [4.69, 9.17) is 14.2 Å². The van der Waals surface area contributed by atoms with Crippen LogP contribution in [0, 0.1) is 0 Å². The Morgan fingerprint density at radius 3 is 2.28 bits per heavy atom. The highest BCUT2D eigenvalue weighted by atomic mass is 16.5. The number of benzene rings is 2. The third-order valence-corrected chi connectivity index (χ3v) is 4.23. The molecule has 0 bridgehead atoms. The van der Waals surface area contributed by atoms with Gasteiger partial charge in [-0.2, -0.15) is 0 Å². The highest BCUT2D eigenvalue weighted by Crippen LogP contribution is 2.28. The molecule has 0 spiro atoms. The van der Waals surface area contributed by atoms with E-state index in [0.29, 0.717) is 30.3 Å². The summed E-state index contributed by atoms with van der Waals surface area (Å²) in [6.45, 7) is 6.37. The van der Waals surface area contributed by atoms with Gasteiger partial charge in [0.1, 0.15) is 0 Å². The van der Waals surface area contributed by atoms with Crippen LogP contribution in [-0.2, 0) is 9.53 Å². The van der Waals surface area contributed by atoms with Crippen LogP contribution >= 0.6 is 0 Å². The third-order valence-electron chi connectivity index (χ3n) is 4.23. The molecule has 0 fully saturated rings. The topological polar surface area (TPSA) is 73.9 Å². The van der Waals surface area contributed by atoms with Gasteiger partial charge in [-0.1, -0.05) is 43.7 Å². The number of nitrogens with one attached hydrogen (secondary N) is 1. The van der Waals surface area contributed by atoms with Crippen LogP contribution in [0.3, 0.4) is 0 Å². The lowest BCUT2D eigenvalue weighted by Crippen LogP contribution is -2.32. The monoisotopic (exact) mass is 399 g/mol. The van der Waals surface area contributed by atoms with Crippen molar-refractivity contribution in [1.82, 2.24) is 5.32 Å². The molecule has 0 aliphatic rings. The van der Waals surface area contributed by atoms with Crippen LogP contribution in [0.2, 0.25) is 0 Å². The molecule has 0 saturated carbocycles. The standard InChI is InChI=1S/C23H29NO5/c1-4-10-19(17-11-8-7-9-12-17)24-22(25)16-29-23(26)18-13-14-20(27-5-2)21(15-18)28-6-3/h7-9,11-15,19H,4-6,10,16H2,1-3H3,(H,24,25)/t19-/m0/s1. The lowest BCUT2D eigenvalue weighted by Gasteiger charge is -2.18. The summed E-state index contributed by atoms with van der Waals surface area (Å²) in [5.74, 6) is 0.113. The van der Waals surface area contributed by atoms with Crippen molar-refractivity contribution in [2.45, 2.75) is 39.7 Å². The smallest absolute Gasteiger partial charge is 0.338 e. The first-order valence-electron chi connectivity index (χ1n) is 10.00. The molecule has 2 rings (SSSR count). The zero-order chi connectivity index (χ0) is 21.1. The molecule has 1 atom stereocenters. The summed E-state index contributed by atoms with van der Waals surface area (Å²) in [5, 5.41) is 2.94. The van der Waals surface area contributed by atoms with Crippen LogP contribution in [0.4, 0.5) is 0 Å². The minimum atomic E-state index is -0.587. The first kappa shape index (κ1) is 22.3. The second-order valence-corrected chi connectivity index (χ2v) is 6.42. The average Bonchev–Trinajstić information content (AvgIpc) is 2.74. The second-order valence-electron chi connectivity index (χ2n) is 6.42. The van der Waals surface area contributed by atoms with Crippen molar-refractivity contribution in [2.24, 2.45) is 0 Å². The largest absolute Gasteiger partial charge is 0.490 e. The highest BCUT2D eigenvalue weighted by Gasteiger charge is 2.17. The van der Waals surface area contributed by atoms with Gasteiger partial charge in [0.15, 0.2) is 18.1 Å². The second kappa shape index (κ2) is 11.7. The predicted molar refractivity (Wildman–Crippen MR) is 111 cm³/mol. The summed E-state index contributed by atoms with van der Waals surface area (Å²) in [7, 11) is 0. The van der Waals surface area contributed by atoms with E-state index >= 15 is 0 Å². The first-order valence-corrected chi connectivity index (χ1v) is 10.00. The fourth-order valence-corrected chi connectivity index (χ4v) is 2.92. The molecule has 0 unspecified atom stereocenters. The van der Waals surface area contributed by atoms with Gasteiger partial charge in [0.05, 0.1) is 24.8 Å². The molecule has 0 saturated heterocycles. The number of esters is 1. The fraction of sp³-hybridized carbons (Fsp3) is 0.391. The van der Waals surface area contributed by atoms with Crippen LogP contribution in [0.5, 0.6) is 11.5 Å². The summed E-state index contributed by atoms with van der Waals surface area (Å²) in [5.41, 5.74) is 1.33. The normalized spacial score (nSPS) is 11.4. The molecule has 1 amide bonds. The Kier molecular flexibility index (Phi) is 9.02. The van der Waals surface area contributed by atoms with Gasteiger partial charge in [-0.15, -0.1) is 0 Å². The number of rotatable bonds is 11. The molecular formula is C23H29NO5. The van der Waals surface area contributed by atoms with Gasteiger partial charge < -0.3 is 19.5 Å². The number of amides is 1. The molecular weight excluding hydrogens is 370 g/mol. The number of hydrogen-bond donors (Lipinski definition) is 1. The van der Waals surface area contributed by atoms with Gasteiger partial charge >= 0.3 is 5.97 Å². The molecule has 0 aliphatic carbocycles. The van der Waals surface area contributed by atoms with Crippen LogP contribution in [0.15, 0.2) is 48.5 Å². The van der Waals surface area contributed by atoms with Gasteiger partial charge in [-0.3, -0.25) is 4.79 Å². The Bertz CT molecular complexity index is 791. The molecule has 0 radical (unpaired) electrons. The SMILES string of the molecule is CCC[C@H](NC(=O)COC(=O)c1ccc(OCC)c(OCC)c1)c1ccccc1. The zero-order valence-corrected chi connectivity index (χ0v) is 17.3. The number of ether oxygens (including phenoxy) is 3. The van der Waals surface area contributed by atoms with E-state index in [-0.39, 0.29) is 18.6 Å².